The molecule has 1 amide bonds. The highest BCUT2D eigenvalue weighted by Gasteiger charge is 2.64. The van der Waals surface area contributed by atoms with Crippen molar-refractivity contribution in [3.63, 3.8) is 0 Å². The number of hydrogen-bond donors (Lipinski definition) is 1. The molecule has 6 heteroatoms. The summed E-state index contributed by atoms with van der Waals surface area (Å²) < 4.78 is 6.24. The molecule has 0 aromatic heterocycles. The lowest BCUT2D eigenvalue weighted by molar-refractivity contribution is -0.171. The summed E-state index contributed by atoms with van der Waals surface area (Å²) in [6, 6.07) is 19.8. The molecule has 1 N–H and O–H groups in total. The molecule has 0 bridgehead atoms. The van der Waals surface area contributed by atoms with Crippen LogP contribution in [-0.2, 0) is 20.7 Å². The standard InChI is InChI=1S/C31H39NO4S/c1-30(2,3)32(4)29(35)31(26-17-11-12-19-36-26)24(23-15-9-6-10-16-23)21-25(33)27(28(31)34)37-20-18-22-13-7-5-8-14-22/h5-16,24-27,33H,17-21H2,1-4H3. The molecule has 4 rings (SSSR count). The Morgan fingerprint density at radius 2 is 1.73 bits per heavy atom. The minimum atomic E-state index is -1.43. The van der Waals surface area contributed by atoms with Crippen molar-refractivity contribution in [2.75, 3.05) is 19.4 Å². The zero-order valence-electron chi connectivity index (χ0n) is 22.3. The molecule has 1 aliphatic carbocycles. The number of benzene rings is 2. The van der Waals surface area contributed by atoms with Gasteiger partial charge < -0.3 is 14.7 Å². The summed E-state index contributed by atoms with van der Waals surface area (Å²) in [5.74, 6) is -0.242. The van der Waals surface area contributed by atoms with Crippen LogP contribution in [0, 0.1) is 5.41 Å². The van der Waals surface area contributed by atoms with Gasteiger partial charge in [0.2, 0.25) is 5.91 Å². The van der Waals surface area contributed by atoms with Crippen molar-refractivity contribution < 1.29 is 19.4 Å². The quantitative estimate of drug-likeness (QED) is 0.409. The molecule has 2 aromatic carbocycles. The van der Waals surface area contributed by atoms with Gasteiger partial charge in [0.25, 0.3) is 0 Å². The second-order valence-corrected chi connectivity index (χ2v) is 12.3. The van der Waals surface area contributed by atoms with Crippen LogP contribution >= 0.6 is 11.8 Å². The molecule has 0 spiro atoms. The van der Waals surface area contributed by atoms with Gasteiger partial charge in [-0.2, -0.15) is 0 Å². The second-order valence-electron chi connectivity index (χ2n) is 11.1. The van der Waals surface area contributed by atoms with E-state index in [1.807, 2.05) is 81.5 Å². The topological polar surface area (TPSA) is 66.8 Å². The lowest BCUT2D eigenvalue weighted by Crippen LogP contribution is -2.66. The Hall–Kier alpha value is -2.41. The number of Topliss-reactive ketones (excluding diaryl/α,β-unsaturated/α-hetero) is 1. The van der Waals surface area contributed by atoms with Crippen molar-refractivity contribution in [3.8, 4) is 0 Å². The molecule has 5 atom stereocenters. The van der Waals surface area contributed by atoms with Crippen molar-refractivity contribution in [2.24, 2.45) is 5.41 Å². The minimum Gasteiger partial charge on any atom is -0.391 e. The van der Waals surface area contributed by atoms with E-state index < -0.39 is 34.3 Å². The summed E-state index contributed by atoms with van der Waals surface area (Å²) in [4.78, 5) is 31.0. The second kappa shape index (κ2) is 11.5. The highest BCUT2D eigenvalue weighted by Crippen LogP contribution is 2.53. The van der Waals surface area contributed by atoms with E-state index in [0.717, 1.165) is 12.0 Å². The number of carbonyl (C=O) groups excluding carboxylic acids is 2. The van der Waals surface area contributed by atoms with Crippen molar-refractivity contribution in [1.29, 1.82) is 0 Å². The number of hydrogen-bond acceptors (Lipinski definition) is 5. The fourth-order valence-corrected chi connectivity index (χ4v) is 6.84. The van der Waals surface area contributed by atoms with Crippen LogP contribution in [-0.4, -0.2) is 64.1 Å². The number of ketones is 1. The van der Waals surface area contributed by atoms with Gasteiger partial charge >= 0.3 is 0 Å². The molecular formula is C31H39NO4S. The van der Waals surface area contributed by atoms with Crippen LogP contribution in [0.2, 0.25) is 0 Å². The van der Waals surface area contributed by atoms with Gasteiger partial charge in [0.1, 0.15) is 5.41 Å². The summed E-state index contributed by atoms with van der Waals surface area (Å²) in [5.41, 5.74) is 0.154. The Morgan fingerprint density at radius 3 is 2.32 bits per heavy atom. The molecule has 2 aromatic rings. The van der Waals surface area contributed by atoms with Crippen molar-refractivity contribution in [3.05, 3.63) is 83.9 Å². The largest absolute Gasteiger partial charge is 0.391 e. The lowest BCUT2D eigenvalue weighted by Gasteiger charge is -2.52. The maximum atomic E-state index is 14.7. The van der Waals surface area contributed by atoms with E-state index in [1.165, 1.54) is 17.3 Å². The van der Waals surface area contributed by atoms with E-state index in [-0.39, 0.29) is 11.7 Å². The van der Waals surface area contributed by atoms with Gasteiger partial charge in [0.15, 0.2) is 5.78 Å². The number of nitrogens with zero attached hydrogens (tertiary/aromatic N) is 1. The van der Waals surface area contributed by atoms with Gasteiger partial charge in [-0.25, -0.2) is 0 Å². The minimum absolute atomic E-state index is 0.209. The number of ether oxygens (including phenoxy) is 1. The van der Waals surface area contributed by atoms with Gasteiger partial charge in [-0.1, -0.05) is 72.8 Å². The predicted molar refractivity (Wildman–Crippen MR) is 150 cm³/mol. The Kier molecular flexibility index (Phi) is 8.62. The van der Waals surface area contributed by atoms with Crippen molar-refractivity contribution >= 4 is 23.5 Å². The van der Waals surface area contributed by atoms with Crippen LogP contribution in [0.25, 0.3) is 0 Å². The molecule has 1 fully saturated rings. The number of rotatable bonds is 7. The summed E-state index contributed by atoms with van der Waals surface area (Å²) in [6.45, 7) is 6.30. The number of aryl methyl sites for hydroxylation is 1. The highest BCUT2D eigenvalue weighted by molar-refractivity contribution is 8.00. The van der Waals surface area contributed by atoms with Gasteiger partial charge in [-0.3, -0.25) is 9.59 Å². The normalized spacial score (nSPS) is 28.2. The molecule has 198 valence electrons. The van der Waals surface area contributed by atoms with Crippen molar-refractivity contribution in [2.45, 2.75) is 68.9 Å². The van der Waals surface area contributed by atoms with E-state index in [0.29, 0.717) is 25.2 Å². The number of aliphatic hydroxyl groups excluding tert-OH is 1. The molecule has 5 nitrogen and oxygen atoms in total. The predicted octanol–water partition coefficient (Wildman–Crippen LogP) is 5.04. The first-order valence-corrected chi connectivity index (χ1v) is 14.2. The SMILES string of the molecule is CN(C(=O)C1(C2CC=CCO2)C(=O)C(SCCc2ccccc2)C(O)CC1c1ccccc1)C(C)(C)C. The van der Waals surface area contributed by atoms with Gasteiger partial charge in [0.05, 0.1) is 24.1 Å². The monoisotopic (exact) mass is 521 g/mol. The average Bonchev–Trinajstić information content (AvgIpc) is 2.90. The lowest BCUT2D eigenvalue weighted by atomic mass is 9.57. The number of thioether (sulfide) groups is 1. The molecule has 5 unspecified atom stereocenters. The summed E-state index contributed by atoms with van der Waals surface area (Å²) in [7, 11) is 1.78. The Labute approximate surface area is 225 Å². The molecule has 37 heavy (non-hydrogen) atoms. The molecule has 2 aliphatic rings. The summed E-state index contributed by atoms with van der Waals surface area (Å²) in [5, 5.41) is 10.7. The third kappa shape index (κ3) is 5.57. The first-order chi connectivity index (χ1) is 17.7. The Bertz CT molecular complexity index is 1100. The maximum absolute atomic E-state index is 14.7. The molecule has 1 heterocycles. The third-order valence-electron chi connectivity index (χ3n) is 7.86. The average molecular weight is 522 g/mol. The van der Waals surface area contributed by atoms with Gasteiger partial charge in [-0.05, 0) is 56.9 Å². The van der Waals surface area contributed by atoms with Gasteiger partial charge in [-0.15, -0.1) is 11.8 Å². The van der Waals surface area contributed by atoms with Gasteiger partial charge in [0, 0.05) is 18.5 Å². The van der Waals surface area contributed by atoms with Crippen molar-refractivity contribution in [1.82, 2.24) is 4.90 Å². The third-order valence-corrected chi connectivity index (χ3v) is 9.19. The van der Waals surface area contributed by atoms with Crippen LogP contribution in [0.15, 0.2) is 72.8 Å². The smallest absolute Gasteiger partial charge is 0.239 e. The molecular weight excluding hydrogens is 482 g/mol. The molecule has 0 saturated heterocycles. The zero-order valence-corrected chi connectivity index (χ0v) is 23.1. The van der Waals surface area contributed by atoms with Crippen LogP contribution in [0.1, 0.15) is 50.7 Å². The van der Waals surface area contributed by atoms with Crippen LogP contribution in [0.4, 0.5) is 0 Å². The number of amides is 1. The fourth-order valence-electron chi connectivity index (χ4n) is 5.55. The summed E-state index contributed by atoms with van der Waals surface area (Å²) >= 11 is 1.46. The van der Waals surface area contributed by atoms with Crippen LogP contribution in [0.3, 0.4) is 0 Å². The van der Waals surface area contributed by atoms with Crippen LogP contribution in [0.5, 0.6) is 0 Å². The van der Waals surface area contributed by atoms with E-state index in [1.54, 1.807) is 11.9 Å². The van der Waals surface area contributed by atoms with E-state index >= 15 is 0 Å². The summed E-state index contributed by atoms with van der Waals surface area (Å²) in [6.07, 6.45) is 4.10. The van der Waals surface area contributed by atoms with Crippen LogP contribution < -0.4 is 0 Å². The first-order valence-electron chi connectivity index (χ1n) is 13.1. The zero-order chi connectivity index (χ0) is 26.6. The fraction of sp³-hybridized carbons (Fsp3) is 0.484. The first kappa shape index (κ1) is 27.6. The maximum Gasteiger partial charge on any atom is 0.239 e. The van der Waals surface area contributed by atoms with E-state index in [2.05, 4.69) is 12.1 Å². The number of aliphatic hydroxyl groups is 1. The molecule has 1 saturated carbocycles. The van der Waals surface area contributed by atoms with E-state index in [4.69, 9.17) is 4.74 Å². The highest BCUT2D eigenvalue weighted by atomic mass is 32.2. The Balaban J connectivity index is 1.78. The Morgan fingerprint density at radius 1 is 1.08 bits per heavy atom. The molecule has 0 radical (unpaired) electrons. The number of carbonyl (C=O) groups is 2. The molecule has 1 aliphatic heterocycles. The van der Waals surface area contributed by atoms with E-state index in [9.17, 15) is 14.7 Å².